The van der Waals surface area contributed by atoms with E-state index in [0.29, 0.717) is 11.2 Å². The van der Waals surface area contributed by atoms with Crippen molar-refractivity contribution in [1.82, 2.24) is 10.3 Å². The van der Waals surface area contributed by atoms with Gasteiger partial charge in [-0.1, -0.05) is 6.07 Å². The molecule has 0 aliphatic carbocycles. The van der Waals surface area contributed by atoms with Crippen LogP contribution < -0.4 is 10.8 Å². The molecule has 0 fully saturated rings. The third kappa shape index (κ3) is 10.3. The Labute approximate surface area is 155 Å². The van der Waals surface area contributed by atoms with E-state index in [2.05, 4.69) is 10.3 Å². The van der Waals surface area contributed by atoms with Crippen molar-refractivity contribution in [2.75, 3.05) is 0 Å². The molecule has 0 aliphatic heterocycles. The lowest BCUT2D eigenvalue weighted by atomic mass is 9.82. The zero-order chi connectivity index (χ0) is 20.8. The number of aromatic nitrogens is 1. The van der Waals surface area contributed by atoms with Crippen molar-refractivity contribution in [3.05, 3.63) is 24.0 Å². The largest absolute Gasteiger partial charge is 0.490 e. The number of hydrogen-bond acceptors (Lipinski definition) is 7. The Hall–Kier alpha value is -1.68. The van der Waals surface area contributed by atoms with Crippen molar-refractivity contribution < 1.29 is 29.8 Å². The maximum absolute atomic E-state index is 11.4. The maximum atomic E-state index is 11.4. The summed E-state index contributed by atoms with van der Waals surface area (Å²) >= 11 is 0. The Bertz CT molecular complexity index is 545. The normalized spacial score (nSPS) is 12.0. The van der Waals surface area contributed by atoms with E-state index in [1.165, 1.54) is 12.3 Å². The number of aliphatic hydroxyl groups is 2. The first-order valence-electron chi connectivity index (χ1n) is 8.25. The van der Waals surface area contributed by atoms with E-state index >= 15 is 0 Å². The molecule has 0 saturated carbocycles. The molecule has 0 aromatic carbocycles. The molecule has 1 heterocycles. The van der Waals surface area contributed by atoms with Gasteiger partial charge in [-0.15, -0.1) is 0 Å². The molecule has 0 unspecified atom stereocenters. The van der Waals surface area contributed by atoms with Gasteiger partial charge in [0.15, 0.2) is 0 Å². The zero-order valence-corrected chi connectivity index (χ0v) is 16.6. The van der Waals surface area contributed by atoms with Gasteiger partial charge < -0.3 is 30.3 Å². The molecule has 1 aromatic rings. The number of hydrogen-bond donors (Lipinski definition) is 5. The van der Waals surface area contributed by atoms with Gasteiger partial charge in [-0.25, -0.2) is 4.79 Å². The van der Waals surface area contributed by atoms with Crippen molar-refractivity contribution in [2.24, 2.45) is 0 Å². The second kappa shape index (κ2) is 9.32. The summed E-state index contributed by atoms with van der Waals surface area (Å²) in [5.41, 5.74) is -1.65. The van der Waals surface area contributed by atoms with Gasteiger partial charge in [-0.05, 0) is 54.5 Å². The van der Waals surface area contributed by atoms with E-state index < -0.39 is 30.0 Å². The number of nitrogens with one attached hydrogen (secondary N) is 1. The number of alkyl carbamates (subject to hydrolysis) is 1. The minimum Gasteiger partial charge on any atom is -0.444 e. The van der Waals surface area contributed by atoms with E-state index in [4.69, 9.17) is 25.0 Å². The Kier molecular flexibility index (Phi) is 8.72. The molecule has 26 heavy (non-hydrogen) atoms. The van der Waals surface area contributed by atoms with Crippen LogP contribution in [0.3, 0.4) is 0 Å². The summed E-state index contributed by atoms with van der Waals surface area (Å²) in [5, 5.41) is 38.5. The second-order valence-electron chi connectivity index (χ2n) is 7.93. The van der Waals surface area contributed by atoms with Gasteiger partial charge in [0, 0.05) is 11.7 Å². The smallest absolute Gasteiger partial charge is 0.444 e. The van der Waals surface area contributed by atoms with Crippen LogP contribution in [-0.4, -0.2) is 55.3 Å². The molecule has 0 radical (unpaired) electrons. The zero-order valence-electron chi connectivity index (χ0n) is 16.6. The van der Waals surface area contributed by atoms with Crippen LogP contribution in [0, 0.1) is 0 Å². The van der Waals surface area contributed by atoms with Gasteiger partial charge in [0.1, 0.15) is 5.60 Å². The SMILES string of the molecule is CC(C)(C)OC(=O)NCc1ccc(B(O)O)cn1.CC(C)(O)C(C)(C)O. The number of amides is 1. The Morgan fingerprint density at radius 1 is 1.08 bits per heavy atom. The number of pyridine rings is 1. The van der Waals surface area contributed by atoms with Crippen molar-refractivity contribution in [2.45, 2.75) is 71.8 Å². The fourth-order valence-corrected chi connectivity index (χ4v) is 1.17. The van der Waals surface area contributed by atoms with Gasteiger partial charge in [-0.3, -0.25) is 4.98 Å². The van der Waals surface area contributed by atoms with Crippen LogP contribution in [0.1, 0.15) is 54.2 Å². The summed E-state index contributed by atoms with van der Waals surface area (Å²) in [6.45, 7) is 11.9. The molecule has 9 heteroatoms. The van der Waals surface area contributed by atoms with Gasteiger partial charge >= 0.3 is 13.2 Å². The quantitative estimate of drug-likeness (QED) is 0.482. The predicted molar refractivity (Wildman–Crippen MR) is 99.7 cm³/mol. The lowest BCUT2D eigenvalue weighted by molar-refractivity contribution is -0.107. The molecule has 0 atom stereocenters. The molecular weight excluding hydrogens is 339 g/mol. The summed E-state index contributed by atoms with van der Waals surface area (Å²) in [6, 6.07) is 3.13. The molecule has 0 bridgehead atoms. The minimum atomic E-state index is -1.54. The highest BCUT2D eigenvalue weighted by atomic mass is 16.6. The first kappa shape index (κ1) is 24.3. The van der Waals surface area contributed by atoms with Crippen LogP contribution in [0.25, 0.3) is 0 Å². The molecular formula is C17H31BN2O6. The summed E-state index contributed by atoms with van der Waals surface area (Å²) in [5.74, 6) is 0. The predicted octanol–water partition coefficient (Wildman–Crippen LogP) is 0.314. The monoisotopic (exact) mass is 370 g/mol. The number of rotatable bonds is 4. The summed E-state index contributed by atoms with van der Waals surface area (Å²) in [4.78, 5) is 15.3. The van der Waals surface area contributed by atoms with Crippen LogP contribution in [0.4, 0.5) is 4.79 Å². The molecule has 8 nitrogen and oxygen atoms in total. The number of nitrogens with zero attached hydrogens (tertiary/aromatic N) is 1. The van der Waals surface area contributed by atoms with Gasteiger partial charge in [0.05, 0.1) is 23.4 Å². The fourth-order valence-electron chi connectivity index (χ4n) is 1.17. The third-order valence-corrected chi connectivity index (χ3v) is 3.46. The van der Waals surface area contributed by atoms with Crippen molar-refractivity contribution in [1.29, 1.82) is 0 Å². The second-order valence-corrected chi connectivity index (χ2v) is 7.93. The minimum absolute atomic E-state index is 0.219. The van der Waals surface area contributed by atoms with E-state index in [-0.39, 0.29) is 6.54 Å². The molecule has 1 aromatic heterocycles. The molecule has 0 spiro atoms. The van der Waals surface area contributed by atoms with Crippen molar-refractivity contribution >= 4 is 18.7 Å². The van der Waals surface area contributed by atoms with E-state index in [0.717, 1.165) is 0 Å². The van der Waals surface area contributed by atoms with Crippen molar-refractivity contribution in [3.8, 4) is 0 Å². The lowest BCUT2D eigenvalue weighted by Gasteiger charge is -2.31. The molecule has 1 amide bonds. The van der Waals surface area contributed by atoms with Crippen LogP contribution in [-0.2, 0) is 11.3 Å². The Morgan fingerprint density at radius 2 is 1.58 bits per heavy atom. The topological polar surface area (TPSA) is 132 Å². The number of ether oxygens (including phenoxy) is 1. The summed E-state index contributed by atoms with van der Waals surface area (Å²) < 4.78 is 5.06. The first-order chi connectivity index (χ1) is 11.5. The van der Waals surface area contributed by atoms with Gasteiger partial charge in [-0.2, -0.15) is 0 Å². The Balaban J connectivity index is 0.000000660. The average molecular weight is 370 g/mol. The highest BCUT2D eigenvalue weighted by Crippen LogP contribution is 2.19. The molecule has 5 N–H and O–H groups in total. The van der Waals surface area contributed by atoms with E-state index in [9.17, 15) is 4.79 Å². The van der Waals surface area contributed by atoms with Crippen LogP contribution in [0.15, 0.2) is 18.3 Å². The van der Waals surface area contributed by atoms with Gasteiger partial charge in [0.2, 0.25) is 0 Å². The standard InChI is InChI=1S/C11H17BN2O4.C6H14O2/c1-11(2,3)18-10(15)14-7-9-5-4-8(6-13-9)12(16)17;1-5(2,7)6(3,4)8/h4-6,16-17H,7H2,1-3H3,(H,14,15);7-8H,1-4H3. The molecule has 148 valence electrons. The third-order valence-electron chi connectivity index (χ3n) is 3.46. The van der Waals surface area contributed by atoms with Crippen LogP contribution in [0.5, 0.6) is 0 Å². The van der Waals surface area contributed by atoms with Crippen LogP contribution in [0.2, 0.25) is 0 Å². The fraction of sp³-hybridized carbons (Fsp3) is 0.647. The number of carbonyl (C=O) groups is 1. The molecule has 0 aliphatic rings. The number of carbonyl (C=O) groups excluding carboxylic acids is 1. The highest BCUT2D eigenvalue weighted by molar-refractivity contribution is 6.58. The van der Waals surface area contributed by atoms with E-state index in [1.54, 1.807) is 54.5 Å². The average Bonchev–Trinajstić information content (AvgIpc) is 2.42. The molecule has 1 rings (SSSR count). The molecule has 0 saturated heterocycles. The van der Waals surface area contributed by atoms with Crippen LogP contribution >= 0.6 is 0 Å². The van der Waals surface area contributed by atoms with E-state index in [1.807, 2.05) is 0 Å². The Morgan fingerprint density at radius 3 is 1.88 bits per heavy atom. The van der Waals surface area contributed by atoms with Crippen molar-refractivity contribution in [3.63, 3.8) is 0 Å². The summed E-state index contributed by atoms with van der Waals surface area (Å²) in [6.07, 6.45) is 0.826. The first-order valence-corrected chi connectivity index (χ1v) is 8.25. The summed E-state index contributed by atoms with van der Waals surface area (Å²) in [7, 11) is -1.54. The lowest BCUT2D eigenvalue weighted by Crippen LogP contribution is -2.44. The van der Waals surface area contributed by atoms with Gasteiger partial charge in [0.25, 0.3) is 0 Å². The highest BCUT2D eigenvalue weighted by Gasteiger charge is 2.31. The maximum Gasteiger partial charge on any atom is 0.490 e.